The van der Waals surface area contributed by atoms with E-state index in [4.69, 9.17) is 5.73 Å². The van der Waals surface area contributed by atoms with Gasteiger partial charge >= 0.3 is 0 Å². The first kappa shape index (κ1) is 15.4. The minimum Gasteiger partial charge on any atom is -0.383 e. The predicted octanol–water partition coefficient (Wildman–Crippen LogP) is 2.52. The van der Waals surface area contributed by atoms with Gasteiger partial charge in [0.25, 0.3) is 0 Å². The molecule has 0 fully saturated rings. The first-order chi connectivity index (χ1) is 12.1. The average Bonchev–Trinajstić information content (AvgIpc) is 3.23. The van der Waals surface area contributed by atoms with E-state index >= 15 is 0 Å². The lowest BCUT2D eigenvalue weighted by atomic mass is 10.0. The lowest BCUT2D eigenvalue weighted by Gasteiger charge is -2.08. The Bertz CT molecular complexity index is 956. The van der Waals surface area contributed by atoms with Crippen molar-refractivity contribution in [2.45, 2.75) is 0 Å². The normalized spacial score (nSPS) is 14.0. The number of hydrogen-bond acceptors (Lipinski definition) is 5. The number of aryl methyl sites for hydroxylation is 1. The number of nitrogen functional groups attached to an aromatic ring is 1. The SMILES string of the molecule is CN1C=C(c2cccc(-c3ccc(-c4cnn(C)c4)c(N)n3)c2)CN1. The number of nitrogens with two attached hydrogens (primary N) is 1. The third kappa shape index (κ3) is 2.99. The van der Waals surface area contributed by atoms with Gasteiger partial charge in [0.1, 0.15) is 5.82 Å². The Balaban J connectivity index is 1.68. The number of anilines is 1. The molecule has 1 aromatic carbocycles. The zero-order valence-electron chi connectivity index (χ0n) is 14.3. The molecule has 0 bridgehead atoms. The summed E-state index contributed by atoms with van der Waals surface area (Å²) in [4.78, 5) is 4.61. The van der Waals surface area contributed by atoms with Crippen LogP contribution in [0.4, 0.5) is 5.82 Å². The highest BCUT2D eigenvalue weighted by Gasteiger charge is 2.12. The van der Waals surface area contributed by atoms with Crippen LogP contribution in [0.2, 0.25) is 0 Å². The molecule has 0 saturated heterocycles. The number of hydrazine groups is 1. The van der Waals surface area contributed by atoms with Gasteiger partial charge in [-0.3, -0.25) is 4.68 Å². The molecule has 3 heterocycles. The highest BCUT2D eigenvalue weighted by molar-refractivity contribution is 5.77. The van der Waals surface area contributed by atoms with Gasteiger partial charge in [0, 0.05) is 49.7 Å². The minimum atomic E-state index is 0.511. The van der Waals surface area contributed by atoms with Crippen LogP contribution in [-0.2, 0) is 7.05 Å². The molecule has 1 aliphatic heterocycles. The molecule has 3 aromatic rings. The molecule has 4 rings (SSSR count). The molecule has 6 nitrogen and oxygen atoms in total. The van der Waals surface area contributed by atoms with Crippen LogP contribution in [0, 0.1) is 0 Å². The molecule has 0 radical (unpaired) electrons. The smallest absolute Gasteiger partial charge is 0.132 e. The Morgan fingerprint density at radius 1 is 1.08 bits per heavy atom. The summed E-state index contributed by atoms with van der Waals surface area (Å²) in [6.07, 6.45) is 5.83. The zero-order valence-corrected chi connectivity index (χ0v) is 14.3. The Labute approximate surface area is 146 Å². The Morgan fingerprint density at radius 3 is 2.60 bits per heavy atom. The largest absolute Gasteiger partial charge is 0.383 e. The van der Waals surface area contributed by atoms with Crippen molar-refractivity contribution in [3.8, 4) is 22.4 Å². The van der Waals surface area contributed by atoms with Crippen molar-refractivity contribution in [2.24, 2.45) is 7.05 Å². The van der Waals surface area contributed by atoms with E-state index in [9.17, 15) is 0 Å². The van der Waals surface area contributed by atoms with Gasteiger partial charge in [0.15, 0.2) is 0 Å². The molecular formula is C19H20N6. The van der Waals surface area contributed by atoms with Crippen molar-refractivity contribution in [1.82, 2.24) is 25.2 Å². The van der Waals surface area contributed by atoms with Crippen molar-refractivity contribution in [3.63, 3.8) is 0 Å². The van der Waals surface area contributed by atoms with E-state index in [1.807, 2.05) is 37.4 Å². The third-order valence-corrected chi connectivity index (χ3v) is 4.34. The van der Waals surface area contributed by atoms with Crippen molar-refractivity contribution < 1.29 is 0 Å². The van der Waals surface area contributed by atoms with Crippen LogP contribution in [0.3, 0.4) is 0 Å². The maximum Gasteiger partial charge on any atom is 0.132 e. The predicted molar refractivity (Wildman–Crippen MR) is 100 cm³/mol. The van der Waals surface area contributed by atoms with E-state index in [0.29, 0.717) is 5.82 Å². The summed E-state index contributed by atoms with van der Waals surface area (Å²) in [6, 6.07) is 12.4. The van der Waals surface area contributed by atoms with Crippen molar-refractivity contribution >= 4 is 11.4 Å². The fourth-order valence-electron chi connectivity index (χ4n) is 3.03. The van der Waals surface area contributed by atoms with Crippen LogP contribution in [0.5, 0.6) is 0 Å². The molecule has 126 valence electrons. The Morgan fingerprint density at radius 2 is 1.92 bits per heavy atom. The molecule has 6 heteroatoms. The molecular weight excluding hydrogens is 312 g/mol. The highest BCUT2D eigenvalue weighted by atomic mass is 15.5. The van der Waals surface area contributed by atoms with Crippen LogP contribution in [0.1, 0.15) is 5.56 Å². The lowest BCUT2D eigenvalue weighted by molar-refractivity contribution is 0.374. The second kappa shape index (κ2) is 6.07. The highest BCUT2D eigenvalue weighted by Crippen LogP contribution is 2.29. The van der Waals surface area contributed by atoms with E-state index in [1.54, 1.807) is 10.9 Å². The van der Waals surface area contributed by atoms with E-state index in [1.165, 1.54) is 11.1 Å². The van der Waals surface area contributed by atoms with Gasteiger partial charge in [-0.05, 0) is 29.3 Å². The maximum atomic E-state index is 6.20. The van der Waals surface area contributed by atoms with Crippen molar-refractivity contribution in [3.05, 3.63) is 60.6 Å². The van der Waals surface area contributed by atoms with Crippen molar-refractivity contribution in [1.29, 1.82) is 0 Å². The summed E-state index contributed by atoms with van der Waals surface area (Å²) >= 11 is 0. The summed E-state index contributed by atoms with van der Waals surface area (Å²) in [5.74, 6) is 0.511. The number of pyridine rings is 1. The second-order valence-electron chi connectivity index (χ2n) is 6.21. The van der Waals surface area contributed by atoms with Crippen LogP contribution >= 0.6 is 0 Å². The Hall–Kier alpha value is -3.12. The monoisotopic (exact) mass is 332 g/mol. The summed E-state index contributed by atoms with van der Waals surface area (Å²) < 4.78 is 1.76. The maximum absolute atomic E-state index is 6.20. The summed E-state index contributed by atoms with van der Waals surface area (Å²) in [7, 11) is 3.88. The fourth-order valence-corrected chi connectivity index (χ4v) is 3.03. The molecule has 0 saturated carbocycles. The quantitative estimate of drug-likeness (QED) is 0.771. The summed E-state index contributed by atoms with van der Waals surface area (Å²) in [5.41, 5.74) is 15.7. The number of aromatic nitrogens is 3. The second-order valence-corrected chi connectivity index (χ2v) is 6.21. The molecule has 0 amide bonds. The number of nitrogens with zero attached hydrogens (tertiary/aromatic N) is 4. The summed E-state index contributed by atoms with van der Waals surface area (Å²) in [5, 5.41) is 6.17. The number of hydrogen-bond donors (Lipinski definition) is 2. The van der Waals surface area contributed by atoms with Crippen LogP contribution in [-0.4, -0.2) is 33.4 Å². The molecule has 0 atom stereocenters. The number of rotatable bonds is 3. The molecule has 1 aliphatic rings. The van der Waals surface area contributed by atoms with Crippen LogP contribution < -0.4 is 11.2 Å². The van der Waals surface area contributed by atoms with E-state index in [-0.39, 0.29) is 0 Å². The molecule has 0 spiro atoms. The fraction of sp³-hybridized carbons (Fsp3) is 0.158. The molecule has 0 unspecified atom stereocenters. The third-order valence-electron chi connectivity index (χ3n) is 4.34. The van der Waals surface area contributed by atoms with Gasteiger partial charge in [0.2, 0.25) is 0 Å². The van der Waals surface area contributed by atoms with E-state index in [0.717, 1.165) is 28.9 Å². The number of benzene rings is 1. The lowest BCUT2D eigenvalue weighted by Crippen LogP contribution is -2.23. The molecule has 25 heavy (non-hydrogen) atoms. The van der Waals surface area contributed by atoms with E-state index < -0.39 is 0 Å². The first-order valence-corrected chi connectivity index (χ1v) is 8.13. The van der Waals surface area contributed by atoms with Crippen LogP contribution in [0.25, 0.3) is 28.0 Å². The standard InChI is InChI=1S/C19H20N6/c1-24-11-15(9-21-24)13-4-3-5-14(8-13)18-7-6-17(19(20)23-18)16-10-22-25(2)12-16/h3-8,10-12,21H,9H2,1-2H3,(H2,20,23). The van der Waals surface area contributed by atoms with Gasteiger partial charge in [-0.25, -0.2) is 10.4 Å². The number of nitrogens with one attached hydrogen (secondary N) is 1. The van der Waals surface area contributed by atoms with Gasteiger partial charge < -0.3 is 10.7 Å². The average molecular weight is 332 g/mol. The Kier molecular flexibility index (Phi) is 3.74. The van der Waals surface area contributed by atoms with Gasteiger partial charge in [-0.2, -0.15) is 5.10 Å². The van der Waals surface area contributed by atoms with Gasteiger partial charge in [-0.15, -0.1) is 0 Å². The van der Waals surface area contributed by atoms with E-state index in [2.05, 4.69) is 46.0 Å². The van der Waals surface area contributed by atoms with Crippen LogP contribution in [0.15, 0.2) is 55.0 Å². The van der Waals surface area contributed by atoms with Crippen molar-refractivity contribution in [2.75, 3.05) is 19.3 Å². The van der Waals surface area contributed by atoms with Gasteiger partial charge in [0.05, 0.1) is 11.9 Å². The molecule has 2 aromatic heterocycles. The zero-order chi connectivity index (χ0) is 17.4. The minimum absolute atomic E-state index is 0.511. The topological polar surface area (TPSA) is 72.0 Å². The molecule has 0 aliphatic carbocycles. The summed E-state index contributed by atoms with van der Waals surface area (Å²) in [6.45, 7) is 0.829. The first-order valence-electron chi connectivity index (χ1n) is 8.13. The molecule has 3 N–H and O–H groups in total. The van der Waals surface area contributed by atoms with Gasteiger partial charge in [-0.1, -0.05) is 18.2 Å².